The lowest BCUT2D eigenvalue weighted by Gasteiger charge is -2.33. The number of amides is 2. The number of halogens is 1. The molecule has 3 aromatic rings. The molecule has 3 aromatic carbocycles. The summed E-state index contributed by atoms with van der Waals surface area (Å²) in [6, 6.07) is 18.3. The molecule has 0 saturated carbocycles. The van der Waals surface area contributed by atoms with E-state index in [9.17, 15) is 18.0 Å². The average molecular weight is 570 g/mol. The first-order chi connectivity index (χ1) is 18.5. The van der Waals surface area contributed by atoms with Crippen molar-refractivity contribution in [3.63, 3.8) is 0 Å². The molecule has 1 N–H and O–H groups in total. The lowest BCUT2D eigenvalue weighted by atomic mass is 10.1. The van der Waals surface area contributed by atoms with Gasteiger partial charge < -0.3 is 10.2 Å². The number of aryl methyl sites for hydroxylation is 3. The summed E-state index contributed by atoms with van der Waals surface area (Å²) in [5.74, 6) is -0.767. The molecule has 0 heterocycles. The summed E-state index contributed by atoms with van der Waals surface area (Å²) < 4.78 is 29.0. The van der Waals surface area contributed by atoms with E-state index in [4.69, 9.17) is 11.6 Å². The van der Waals surface area contributed by atoms with Crippen LogP contribution < -0.4 is 9.62 Å². The van der Waals surface area contributed by atoms with E-state index >= 15 is 0 Å². The minimum absolute atomic E-state index is 0.0660. The highest BCUT2D eigenvalue weighted by Crippen LogP contribution is 2.29. The van der Waals surface area contributed by atoms with Crippen LogP contribution in [0.4, 0.5) is 5.69 Å². The number of anilines is 1. The molecule has 0 aliphatic heterocycles. The van der Waals surface area contributed by atoms with Crippen LogP contribution in [0, 0.1) is 20.8 Å². The summed E-state index contributed by atoms with van der Waals surface area (Å²) in [4.78, 5) is 28.6. The Balaban J connectivity index is 2.10. The largest absolute Gasteiger partial charge is 0.355 e. The van der Waals surface area contributed by atoms with Gasteiger partial charge in [0.25, 0.3) is 10.0 Å². The highest BCUT2D eigenvalue weighted by Gasteiger charge is 2.34. The highest BCUT2D eigenvalue weighted by atomic mass is 35.5. The first-order valence-corrected chi connectivity index (χ1v) is 14.8. The molecule has 0 saturated heterocycles. The lowest BCUT2D eigenvalue weighted by molar-refractivity contribution is -0.140. The Morgan fingerprint density at radius 2 is 1.62 bits per heavy atom. The third-order valence-electron chi connectivity index (χ3n) is 6.49. The summed E-state index contributed by atoms with van der Waals surface area (Å²) in [5, 5.41) is 3.27. The van der Waals surface area contributed by atoms with Crippen LogP contribution in [-0.2, 0) is 26.2 Å². The van der Waals surface area contributed by atoms with Gasteiger partial charge in [0.2, 0.25) is 11.8 Å². The van der Waals surface area contributed by atoms with E-state index in [0.29, 0.717) is 29.2 Å². The number of hydrogen-bond acceptors (Lipinski definition) is 4. The second kappa shape index (κ2) is 13.1. The van der Waals surface area contributed by atoms with Gasteiger partial charge in [-0.15, -0.1) is 0 Å². The fraction of sp³-hybridized carbons (Fsp3) is 0.333. The molecule has 0 aliphatic rings. The monoisotopic (exact) mass is 569 g/mol. The van der Waals surface area contributed by atoms with Crippen LogP contribution in [0.3, 0.4) is 0 Å². The van der Waals surface area contributed by atoms with Gasteiger partial charge >= 0.3 is 0 Å². The van der Waals surface area contributed by atoms with Crippen LogP contribution in [0.2, 0.25) is 5.02 Å². The number of carbonyl (C=O) groups excluding carboxylic acids is 2. The molecule has 39 heavy (non-hydrogen) atoms. The molecule has 0 unspecified atom stereocenters. The molecule has 0 aliphatic carbocycles. The van der Waals surface area contributed by atoms with E-state index in [1.165, 1.54) is 17.0 Å². The second-order valence-corrected chi connectivity index (χ2v) is 11.9. The van der Waals surface area contributed by atoms with Crippen LogP contribution in [0.5, 0.6) is 0 Å². The molecule has 0 aromatic heterocycles. The number of nitrogens with zero attached hydrogens (tertiary/aromatic N) is 2. The maximum atomic E-state index is 14.0. The fourth-order valence-electron chi connectivity index (χ4n) is 4.47. The van der Waals surface area contributed by atoms with Crippen molar-refractivity contribution in [1.29, 1.82) is 0 Å². The molecule has 208 valence electrons. The van der Waals surface area contributed by atoms with Crippen LogP contribution in [-0.4, -0.2) is 44.3 Å². The van der Waals surface area contributed by atoms with E-state index in [1.54, 1.807) is 37.3 Å². The molecule has 9 heteroatoms. The quantitative estimate of drug-likeness (QED) is 0.335. The van der Waals surface area contributed by atoms with Crippen LogP contribution >= 0.6 is 11.6 Å². The number of rotatable bonds is 11. The van der Waals surface area contributed by atoms with Crippen molar-refractivity contribution in [1.82, 2.24) is 10.2 Å². The maximum absolute atomic E-state index is 14.0. The minimum Gasteiger partial charge on any atom is -0.355 e. The molecule has 7 nitrogen and oxygen atoms in total. The second-order valence-electron chi connectivity index (χ2n) is 9.58. The van der Waals surface area contributed by atoms with Crippen molar-refractivity contribution in [2.75, 3.05) is 17.4 Å². The van der Waals surface area contributed by atoms with Crippen molar-refractivity contribution in [3.8, 4) is 0 Å². The zero-order valence-electron chi connectivity index (χ0n) is 23.1. The van der Waals surface area contributed by atoms with Gasteiger partial charge in [0.05, 0.1) is 10.6 Å². The minimum atomic E-state index is -4.14. The average Bonchev–Trinajstić information content (AvgIpc) is 2.88. The number of nitrogens with one attached hydrogen (secondary N) is 1. The fourth-order valence-corrected chi connectivity index (χ4v) is 6.17. The third kappa shape index (κ3) is 7.40. The van der Waals surface area contributed by atoms with Crippen LogP contribution in [0.15, 0.2) is 71.6 Å². The first kappa shape index (κ1) is 30.2. The van der Waals surface area contributed by atoms with Gasteiger partial charge in [-0.2, -0.15) is 0 Å². The Bertz CT molecular complexity index is 1420. The smallest absolute Gasteiger partial charge is 0.264 e. The van der Waals surface area contributed by atoms with E-state index < -0.39 is 28.5 Å². The van der Waals surface area contributed by atoms with Gasteiger partial charge in [-0.25, -0.2) is 8.42 Å². The Morgan fingerprint density at radius 1 is 0.923 bits per heavy atom. The summed E-state index contributed by atoms with van der Waals surface area (Å²) in [6.45, 7) is 9.31. The van der Waals surface area contributed by atoms with E-state index in [-0.39, 0.29) is 17.3 Å². The van der Waals surface area contributed by atoms with Crippen LogP contribution in [0.25, 0.3) is 0 Å². The molecule has 0 fully saturated rings. The lowest BCUT2D eigenvalue weighted by Crippen LogP contribution is -2.52. The number of carbonyl (C=O) groups is 2. The summed E-state index contributed by atoms with van der Waals surface area (Å²) in [7, 11) is -4.14. The van der Waals surface area contributed by atoms with Crippen molar-refractivity contribution >= 4 is 39.1 Å². The Morgan fingerprint density at radius 3 is 2.21 bits per heavy atom. The first-order valence-electron chi connectivity index (χ1n) is 13.0. The Labute approximate surface area is 236 Å². The Hall–Kier alpha value is -3.36. The predicted octanol–water partition coefficient (Wildman–Crippen LogP) is 5.40. The van der Waals surface area contributed by atoms with Gasteiger partial charge in [-0.1, -0.05) is 66.0 Å². The number of benzene rings is 3. The molecule has 0 radical (unpaired) electrons. The molecule has 2 amide bonds. The zero-order chi connectivity index (χ0) is 28.7. The van der Waals surface area contributed by atoms with Crippen molar-refractivity contribution in [2.24, 2.45) is 0 Å². The van der Waals surface area contributed by atoms with E-state index in [1.807, 2.05) is 52.0 Å². The standard InChI is InChI=1S/C30H36ClN3O4S/c1-6-27(30(36)32-7-2)33(19-24-10-8-9-22(4)17-24)29(35)20-34(28-16-13-25(31)18-23(28)5)39(37,38)26-14-11-21(3)12-15-26/h8-18,27H,6-7,19-20H2,1-5H3,(H,32,36)/t27-/m0/s1. The van der Waals surface area contributed by atoms with Crippen molar-refractivity contribution < 1.29 is 18.0 Å². The molecule has 3 rings (SSSR count). The summed E-state index contributed by atoms with van der Waals surface area (Å²) >= 11 is 6.17. The van der Waals surface area contributed by atoms with Crippen LogP contribution in [0.1, 0.15) is 42.5 Å². The highest BCUT2D eigenvalue weighted by molar-refractivity contribution is 7.92. The SMILES string of the molecule is CCNC(=O)[C@H](CC)N(Cc1cccc(C)c1)C(=O)CN(c1ccc(Cl)cc1C)S(=O)(=O)c1ccc(C)cc1. The number of sulfonamides is 1. The zero-order valence-corrected chi connectivity index (χ0v) is 24.6. The molecule has 1 atom stereocenters. The topological polar surface area (TPSA) is 86.8 Å². The molecular formula is C30H36ClN3O4S. The van der Waals surface area contributed by atoms with Gasteiger partial charge in [0, 0.05) is 18.1 Å². The van der Waals surface area contributed by atoms with Crippen molar-refractivity contribution in [2.45, 2.75) is 58.5 Å². The van der Waals surface area contributed by atoms with Crippen molar-refractivity contribution in [3.05, 3.63) is 94.0 Å². The summed E-state index contributed by atoms with van der Waals surface area (Å²) in [6.07, 6.45) is 0.369. The van der Waals surface area contributed by atoms with E-state index in [0.717, 1.165) is 21.0 Å². The normalized spacial score (nSPS) is 12.1. The van der Waals surface area contributed by atoms with Gasteiger partial charge in [0.15, 0.2) is 0 Å². The maximum Gasteiger partial charge on any atom is 0.264 e. The number of likely N-dealkylation sites (N-methyl/N-ethyl adjacent to an activating group) is 1. The molecule has 0 bridgehead atoms. The molecular weight excluding hydrogens is 534 g/mol. The van der Waals surface area contributed by atoms with Gasteiger partial charge in [-0.05, 0) is 75.6 Å². The number of hydrogen-bond donors (Lipinski definition) is 1. The Kier molecular flexibility index (Phi) is 10.2. The predicted molar refractivity (Wildman–Crippen MR) is 156 cm³/mol. The van der Waals surface area contributed by atoms with Gasteiger partial charge in [0.1, 0.15) is 12.6 Å². The van der Waals surface area contributed by atoms with Gasteiger partial charge in [-0.3, -0.25) is 13.9 Å². The molecule has 0 spiro atoms. The summed E-state index contributed by atoms with van der Waals surface area (Å²) in [5.41, 5.74) is 3.73. The van der Waals surface area contributed by atoms with E-state index in [2.05, 4.69) is 5.32 Å². The third-order valence-corrected chi connectivity index (χ3v) is 8.50.